The molecule has 0 unspecified atom stereocenters. The Morgan fingerprint density at radius 3 is 2.17 bits per heavy atom. The summed E-state index contributed by atoms with van der Waals surface area (Å²) in [5.74, 6) is -0.571. The van der Waals surface area contributed by atoms with E-state index in [9.17, 15) is 31.1 Å². The SMILES string of the molecule is O=C(/C=C1\CCCOc2cc(C(F)(F)F)ccc21)Nc1ccc(C(F)(F)F)cc1. The number of benzene rings is 2. The van der Waals surface area contributed by atoms with Gasteiger partial charge in [-0.05, 0) is 54.8 Å². The largest absolute Gasteiger partial charge is 0.493 e. The number of hydrogen-bond donors (Lipinski definition) is 1. The Hall–Kier alpha value is -2.97. The van der Waals surface area contributed by atoms with Crippen LogP contribution in [0.5, 0.6) is 5.75 Å². The fourth-order valence-electron chi connectivity index (χ4n) is 2.89. The molecule has 154 valence electrons. The molecule has 0 aliphatic carbocycles. The predicted molar refractivity (Wildman–Crippen MR) is 94.2 cm³/mol. The summed E-state index contributed by atoms with van der Waals surface area (Å²) in [6.07, 6.45) is -6.88. The molecule has 1 aliphatic heterocycles. The minimum Gasteiger partial charge on any atom is -0.493 e. The van der Waals surface area contributed by atoms with E-state index in [4.69, 9.17) is 4.74 Å². The quantitative estimate of drug-likeness (QED) is 0.489. The molecular formula is C20H15F6NO2. The van der Waals surface area contributed by atoms with Gasteiger partial charge in [-0.25, -0.2) is 0 Å². The molecule has 29 heavy (non-hydrogen) atoms. The average Bonchev–Trinajstić information content (AvgIpc) is 2.82. The normalized spacial score (nSPS) is 16.0. The molecule has 0 saturated carbocycles. The third-order valence-electron chi connectivity index (χ3n) is 4.29. The second-order valence-electron chi connectivity index (χ2n) is 6.39. The van der Waals surface area contributed by atoms with Gasteiger partial charge in [0, 0.05) is 17.3 Å². The second kappa shape index (κ2) is 7.81. The van der Waals surface area contributed by atoms with Crippen LogP contribution in [0.3, 0.4) is 0 Å². The van der Waals surface area contributed by atoms with Gasteiger partial charge in [-0.3, -0.25) is 4.79 Å². The minimum absolute atomic E-state index is 0.0332. The van der Waals surface area contributed by atoms with Crippen molar-refractivity contribution in [3.8, 4) is 5.75 Å². The molecule has 1 N–H and O–H groups in total. The zero-order valence-corrected chi connectivity index (χ0v) is 14.8. The van der Waals surface area contributed by atoms with E-state index in [1.54, 1.807) is 0 Å². The van der Waals surface area contributed by atoms with E-state index >= 15 is 0 Å². The smallest absolute Gasteiger partial charge is 0.416 e. The number of hydrogen-bond acceptors (Lipinski definition) is 2. The van der Waals surface area contributed by atoms with Gasteiger partial charge in [-0.1, -0.05) is 6.07 Å². The van der Waals surface area contributed by atoms with Gasteiger partial charge >= 0.3 is 12.4 Å². The molecule has 3 rings (SSSR count). The second-order valence-corrected chi connectivity index (χ2v) is 6.39. The van der Waals surface area contributed by atoms with Crippen LogP contribution in [-0.2, 0) is 17.1 Å². The number of ether oxygens (including phenoxy) is 1. The Morgan fingerprint density at radius 1 is 0.931 bits per heavy atom. The first kappa shape index (κ1) is 20.8. The predicted octanol–water partition coefficient (Wildman–Crippen LogP) is 5.92. The summed E-state index contributed by atoms with van der Waals surface area (Å²) in [5.41, 5.74) is -0.679. The molecule has 2 aromatic rings. The van der Waals surface area contributed by atoms with Gasteiger partial charge in [0.2, 0.25) is 5.91 Å². The van der Waals surface area contributed by atoms with E-state index in [0.717, 1.165) is 36.4 Å². The highest BCUT2D eigenvalue weighted by molar-refractivity contribution is 6.04. The lowest BCUT2D eigenvalue weighted by Gasteiger charge is -2.13. The number of nitrogens with one attached hydrogen (secondary N) is 1. The van der Waals surface area contributed by atoms with Gasteiger partial charge in [-0.15, -0.1) is 0 Å². The molecule has 1 amide bonds. The van der Waals surface area contributed by atoms with Crippen LogP contribution in [0.15, 0.2) is 48.5 Å². The molecule has 9 heteroatoms. The van der Waals surface area contributed by atoms with E-state index in [2.05, 4.69) is 5.32 Å². The number of halogens is 6. The zero-order valence-electron chi connectivity index (χ0n) is 14.8. The monoisotopic (exact) mass is 415 g/mol. The molecule has 0 radical (unpaired) electrons. The average molecular weight is 415 g/mol. The molecule has 0 saturated heterocycles. The summed E-state index contributed by atoms with van der Waals surface area (Å²) >= 11 is 0. The molecule has 2 aromatic carbocycles. The van der Waals surface area contributed by atoms with Gasteiger partial charge in [0.15, 0.2) is 0 Å². The van der Waals surface area contributed by atoms with Crippen molar-refractivity contribution in [1.29, 1.82) is 0 Å². The number of alkyl halides is 6. The Labute approximate surface area is 162 Å². The maximum Gasteiger partial charge on any atom is 0.416 e. The summed E-state index contributed by atoms with van der Waals surface area (Å²) < 4.78 is 81.9. The standard InChI is InChI=1S/C20H15F6NO2/c21-19(22,23)13-3-6-15(7-4-13)27-18(28)10-12-2-1-9-29-17-11-14(20(24,25)26)5-8-16(12)17/h3-8,10-11H,1-2,9H2,(H,27,28)/b12-10+. The Bertz CT molecular complexity index is 929. The van der Waals surface area contributed by atoms with Crippen molar-refractivity contribution < 1.29 is 35.9 Å². The van der Waals surface area contributed by atoms with Crippen molar-refractivity contribution in [2.45, 2.75) is 25.2 Å². The molecule has 0 fully saturated rings. The molecule has 0 spiro atoms. The van der Waals surface area contributed by atoms with Gasteiger partial charge in [-0.2, -0.15) is 26.3 Å². The number of allylic oxidation sites excluding steroid dienone is 1. The first-order valence-electron chi connectivity index (χ1n) is 8.57. The van der Waals surface area contributed by atoms with Crippen LogP contribution in [0.2, 0.25) is 0 Å². The van der Waals surface area contributed by atoms with Crippen LogP contribution in [0, 0.1) is 0 Å². The summed E-state index contributed by atoms with van der Waals surface area (Å²) in [7, 11) is 0. The van der Waals surface area contributed by atoms with E-state index in [-0.39, 0.29) is 18.0 Å². The topological polar surface area (TPSA) is 38.3 Å². The fraction of sp³-hybridized carbons (Fsp3) is 0.250. The molecule has 0 bridgehead atoms. The number of anilines is 1. The Morgan fingerprint density at radius 2 is 1.55 bits per heavy atom. The minimum atomic E-state index is -4.52. The molecule has 1 aliphatic rings. The highest BCUT2D eigenvalue weighted by Crippen LogP contribution is 2.38. The maximum atomic E-state index is 12.9. The highest BCUT2D eigenvalue weighted by Gasteiger charge is 2.32. The van der Waals surface area contributed by atoms with E-state index in [0.29, 0.717) is 24.0 Å². The lowest BCUT2D eigenvalue weighted by atomic mass is 9.99. The van der Waals surface area contributed by atoms with Crippen molar-refractivity contribution in [3.05, 3.63) is 65.2 Å². The number of carbonyl (C=O) groups excluding carboxylic acids is 1. The summed E-state index contributed by atoms with van der Waals surface area (Å²) in [6, 6.07) is 6.99. The maximum absolute atomic E-state index is 12.9. The Kier molecular flexibility index (Phi) is 5.59. The van der Waals surface area contributed by atoms with Crippen LogP contribution >= 0.6 is 0 Å². The summed E-state index contributed by atoms with van der Waals surface area (Å²) in [4.78, 5) is 12.3. The molecule has 1 heterocycles. The first-order valence-corrected chi connectivity index (χ1v) is 8.57. The van der Waals surface area contributed by atoms with Crippen LogP contribution in [0.25, 0.3) is 5.57 Å². The van der Waals surface area contributed by atoms with Crippen molar-refractivity contribution in [3.63, 3.8) is 0 Å². The lowest BCUT2D eigenvalue weighted by molar-refractivity contribution is -0.138. The third-order valence-corrected chi connectivity index (χ3v) is 4.29. The molecule has 0 aromatic heterocycles. The van der Waals surface area contributed by atoms with Gasteiger partial charge in [0.05, 0.1) is 17.7 Å². The summed E-state index contributed by atoms with van der Waals surface area (Å²) in [5, 5.41) is 2.45. The number of rotatable bonds is 2. The Balaban J connectivity index is 1.82. The number of carbonyl (C=O) groups is 1. The van der Waals surface area contributed by atoms with Crippen LogP contribution < -0.4 is 10.1 Å². The first-order chi connectivity index (χ1) is 13.5. The van der Waals surface area contributed by atoms with Gasteiger partial charge in [0.1, 0.15) is 5.75 Å². The van der Waals surface area contributed by atoms with Crippen LogP contribution in [0.4, 0.5) is 32.0 Å². The third kappa shape index (κ3) is 5.10. The van der Waals surface area contributed by atoms with E-state index in [1.807, 2.05) is 0 Å². The number of fused-ring (bicyclic) bond motifs is 1. The fourth-order valence-corrected chi connectivity index (χ4v) is 2.89. The van der Waals surface area contributed by atoms with Crippen molar-refractivity contribution in [2.75, 3.05) is 11.9 Å². The van der Waals surface area contributed by atoms with Crippen molar-refractivity contribution >= 4 is 17.2 Å². The van der Waals surface area contributed by atoms with Crippen molar-refractivity contribution in [1.82, 2.24) is 0 Å². The lowest BCUT2D eigenvalue weighted by Crippen LogP contribution is -2.10. The molecular weight excluding hydrogens is 400 g/mol. The number of amides is 1. The zero-order chi connectivity index (χ0) is 21.2. The van der Waals surface area contributed by atoms with Crippen LogP contribution in [0.1, 0.15) is 29.5 Å². The summed E-state index contributed by atoms with van der Waals surface area (Å²) in [6.45, 7) is 0.201. The van der Waals surface area contributed by atoms with E-state index in [1.165, 1.54) is 12.1 Å². The van der Waals surface area contributed by atoms with Gasteiger partial charge in [0.25, 0.3) is 0 Å². The van der Waals surface area contributed by atoms with Crippen molar-refractivity contribution in [2.24, 2.45) is 0 Å². The molecule has 0 atom stereocenters. The van der Waals surface area contributed by atoms with E-state index < -0.39 is 29.4 Å². The van der Waals surface area contributed by atoms with Gasteiger partial charge < -0.3 is 10.1 Å². The van der Waals surface area contributed by atoms with Crippen LogP contribution in [-0.4, -0.2) is 12.5 Å². The highest BCUT2D eigenvalue weighted by atomic mass is 19.4. The molecule has 3 nitrogen and oxygen atoms in total.